The summed E-state index contributed by atoms with van der Waals surface area (Å²) in [6.07, 6.45) is 0.986. The number of sulfone groups is 1. The standard InChI is InChI=1S/C17H20ClN3O4S/c1-2-21(12-9-10-26(23,24)11-12)16(22)8-7-15-19-20-17(25-15)13-5-3-4-6-14(13)18/h3-6,12H,2,7-11H2,1H3. The molecule has 1 aromatic carbocycles. The minimum atomic E-state index is -3.03. The molecule has 7 nitrogen and oxygen atoms in total. The molecule has 9 heteroatoms. The maximum atomic E-state index is 12.5. The highest BCUT2D eigenvalue weighted by molar-refractivity contribution is 7.91. The van der Waals surface area contributed by atoms with Crippen LogP contribution in [-0.2, 0) is 21.1 Å². The topological polar surface area (TPSA) is 93.4 Å². The Bertz CT molecular complexity index is 897. The second-order valence-electron chi connectivity index (χ2n) is 6.22. The molecule has 1 aromatic heterocycles. The molecular formula is C17H20ClN3O4S. The van der Waals surface area contributed by atoms with E-state index in [9.17, 15) is 13.2 Å². The number of hydrogen-bond donors (Lipinski definition) is 0. The predicted molar refractivity (Wildman–Crippen MR) is 97.5 cm³/mol. The molecule has 1 aliphatic rings. The van der Waals surface area contributed by atoms with Crippen LogP contribution >= 0.6 is 11.6 Å². The summed E-state index contributed by atoms with van der Waals surface area (Å²) in [6.45, 7) is 2.33. The van der Waals surface area contributed by atoms with Gasteiger partial charge in [0.25, 0.3) is 0 Å². The van der Waals surface area contributed by atoms with Gasteiger partial charge >= 0.3 is 0 Å². The molecule has 0 saturated carbocycles. The van der Waals surface area contributed by atoms with Crippen molar-refractivity contribution in [2.45, 2.75) is 32.2 Å². The maximum absolute atomic E-state index is 12.5. The van der Waals surface area contributed by atoms with Crippen molar-refractivity contribution in [3.05, 3.63) is 35.2 Å². The Balaban J connectivity index is 1.62. The monoisotopic (exact) mass is 397 g/mol. The van der Waals surface area contributed by atoms with Gasteiger partial charge in [0.1, 0.15) is 0 Å². The summed E-state index contributed by atoms with van der Waals surface area (Å²) < 4.78 is 28.9. The molecule has 0 radical (unpaired) electrons. The van der Waals surface area contributed by atoms with Gasteiger partial charge in [0.15, 0.2) is 9.84 Å². The first kappa shape index (κ1) is 18.8. The van der Waals surface area contributed by atoms with Crippen molar-refractivity contribution in [1.29, 1.82) is 0 Å². The number of aryl methyl sites for hydroxylation is 1. The van der Waals surface area contributed by atoms with E-state index in [1.165, 1.54) is 0 Å². The van der Waals surface area contributed by atoms with Gasteiger partial charge in [0, 0.05) is 25.4 Å². The van der Waals surface area contributed by atoms with Crippen molar-refractivity contribution in [3.8, 4) is 11.5 Å². The molecule has 1 aliphatic heterocycles. The van der Waals surface area contributed by atoms with E-state index in [0.717, 1.165) is 0 Å². The van der Waals surface area contributed by atoms with Crippen LogP contribution in [0.1, 0.15) is 25.7 Å². The molecule has 1 saturated heterocycles. The zero-order valence-corrected chi connectivity index (χ0v) is 16.0. The quantitative estimate of drug-likeness (QED) is 0.742. The third kappa shape index (κ3) is 4.24. The highest BCUT2D eigenvalue weighted by atomic mass is 35.5. The molecule has 1 unspecified atom stereocenters. The summed E-state index contributed by atoms with van der Waals surface area (Å²) in [5.41, 5.74) is 0.644. The van der Waals surface area contributed by atoms with E-state index in [-0.39, 0.29) is 29.9 Å². The van der Waals surface area contributed by atoms with Gasteiger partial charge in [-0.3, -0.25) is 4.79 Å². The summed E-state index contributed by atoms with van der Waals surface area (Å²) in [7, 11) is -3.03. The lowest BCUT2D eigenvalue weighted by Crippen LogP contribution is -2.41. The van der Waals surface area contributed by atoms with Crippen LogP contribution in [0.2, 0.25) is 5.02 Å². The first-order valence-corrected chi connectivity index (χ1v) is 10.7. The molecule has 140 valence electrons. The van der Waals surface area contributed by atoms with E-state index in [1.54, 1.807) is 17.0 Å². The van der Waals surface area contributed by atoms with Gasteiger partial charge in [0.05, 0.1) is 22.1 Å². The van der Waals surface area contributed by atoms with Crippen LogP contribution in [0.5, 0.6) is 0 Å². The van der Waals surface area contributed by atoms with Crippen LogP contribution in [0.4, 0.5) is 0 Å². The van der Waals surface area contributed by atoms with E-state index in [0.29, 0.717) is 41.8 Å². The van der Waals surface area contributed by atoms with E-state index in [1.807, 2.05) is 19.1 Å². The molecule has 0 aliphatic carbocycles. The lowest BCUT2D eigenvalue weighted by Gasteiger charge is -2.26. The number of carbonyl (C=O) groups excluding carboxylic acids is 1. The number of benzene rings is 1. The Labute approximate surface area is 157 Å². The van der Waals surface area contributed by atoms with Gasteiger partial charge in [-0.2, -0.15) is 0 Å². The van der Waals surface area contributed by atoms with Crippen LogP contribution in [-0.4, -0.2) is 53.5 Å². The summed E-state index contributed by atoms with van der Waals surface area (Å²) in [5, 5.41) is 8.46. The van der Waals surface area contributed by atoms with Crippen molar-refractivity contribution < 1.29 is 17.6 Å². The molecule has 2 heterocycles. The van der Waals surface area contributed by atoms with Crippen LogP contribution in [0.15, 0.2) is 28.7 Å². The van der Waals surface area contributed by atoms with Gasteiger partial charge in [-0.05, 0) is 25.5 Å². The minimum Gasteiger partial charge on any atom is -0.421 e. The van der Waals surface area contributed by atoms with Crippen LogP contribution in [0, 0.1) is 0 Å². The fraction of sp³-hybridized carbons (Fsp3) is 0.471. The number of halogens is 1. The number of aromatic nitrogens is 2. The summed E-state index contributed by atoms with van der Waals surface area (Å²) in [4.78, 5) is 14.1. The maximum Gasteiger partial charge on any atom is 0.249 e. The predicted octanol–water partition coefficient (Wildman–Crippen LogP) is 2.36. The first-order valence-electron chi connectivity index (χ1n) is 8.47. The highest BCUT2D eigenvalue weighted by Gasteiger charge is 2.33. The third-order valence-electron chi connectivity index (χ3n) is 4.43. The van der Waals surface area contributed by atoms with Crippen LogP contribution in [0.25, 0.3) is 11.5 Å². The molecule has 3 rings (SSSR count). The van der Waals surface area contributed by atoms with Gasteiger partial charge < -0.3 is 9.32 Å². The van der Waals surface area contributed by atoms with E-state index >= 15 is 0 Å². The second kappa shape index (κ2) is 7.75. The zero-order valence-electron chi connectivity index (χ0n) is 14.4. The third-order valence-corrected chi connectivity index (χ3v) is 6.51. The molecule has 0 N–H and O–H groups in total. The normalized spacial score (nSPS) is 18.8. The Hall–Kier alpha value is -1.93. The van der Waals surface area contributed by atoms with Gasteiger partial charge in [-0.15, -0.1) is 10.2 Å². The Morgan fingerprint density at radius 3 is 2.77 bits per heavy atom. The number of rotatable bonds is 6. The average molecular weight is 398 g/mol. The van der Waals surface area contributed by atoms with Gasteiger partial charge in [-0.1, -0.05) is 23.7 Å². The lowest BCUT2D eigenvalue weighted by atomic mass is 10.2. The fourth-order valence-electron chi connectivity index (χ4n) is 3.11. The number of carbonyl (C=O) groups is 1. The summed E-state index contributed by atoms with van der Waals surface area (Å²) >= 11 is 6.11. The highest BCUT2D eigenvalue weighted by Crippen LogP contribution is 2.26. The summed E-state index contributed by atoms with van der Waals surface area (Å²) in [5.74, 6) is 0.749. The largest absolute Gasteiger partial charge is 0.421 e. The SMILES string of the molecule is CCN(C(=O)CCc1nnc(-c2ccccc2Cl)o1)C1CCS(=O)(=O)C1. The van der Waals surface area contributed by atoms with E-state index in [2.05, 4.69) is 10.2 Å². The molecule has 1 atom stereocenters. The van der Waals surface area contributed by atoms with Crippen molar-refractivity contribution in [1.82, 2.24) is 15.1 Å². The van der Waals surface area contributed by atoms with Crippen LogP contribution < -0.4 is 0 Å². The van der Waals surface area contributed by atoms with Crippen molar-refractivity contribution in [2.75, 3.05) is 18.1 Å². The molecule has 1 amide bonds. The van der Waals surface area contributed by atoms with E-state index in [4.69, 9.17) is 16.0 Å². The first-order chi connectivity index (χ1) is 12.4. The molecule has 0 spiro atoms. The number of hydrogen-bond acceptors (Lipinski definition) is 6. The van der Waals surface area contributed by atoms with Crippen molar-refractivity contribution >= 4 is 27.3 Å². The Morgan fingerprint density at radius 1 is 1.35 bits per heavy atom. The minimum absolute atomic E-state index is 0.0454. The molecule has 0 bridgehead atoms. The van der Waals surface area contributed by atoms with Gasteiger partial charge in [0.2, 0.25) is 17.7 Å². The van der Waals surface area contributed by atoms with Crippen LogP contribution in [0.3, 0.4) is 0 Å². The molecule has 26 heavy (non-hydrogen) atoms. The summed E-state index contributed by atoms with van der Waals surface area (Å²) in [6, 6.07) is 6.91. The second-order valence-corrected chi connectivity index (χ2v) is 8.85. The average Bonchev–Trinajstić information content (AvgIpc) is 3.21. The fourth-order valence-corrected chi connectivity index (χ4v) is 5.06. The molecule has 1 fully saturated rings. The van der Waals surface area contributed by atoms with E-state index < -0.39 is 9.84 Å². The zero-order chi connectivity index (χ0) is 18.7. The van der Waals surface area contributed by atoms with Crippen molar-refractivity contribution in [2.24, 2.45) is 0 Å². The lowest BCUT2D eigenvalue weighted by molar-refractivity contribution is -0.132. The Morgan fingerprint density at radius 2 is 2.12 bits per heavy atom. The number of nitrogens with zero attached hydrogens (tertiary/aromatic N) is 3. The molecular weight excluding hydrogens is 378 g/mol. The number of amides is 1. The molecule has 2 aromatic rings. The van der Waals surface area contributed by atoms with Gasteiger partial charge in [-0.25, -0.2) is 8.42 Å². The van der Waals surface area contributed by atoms with Crippen molar-refractivity contribution in [3.63, 3.8) is 0 Å². The smallest absolute Gasteiger partial charge is 0.249 e. The Kier molecular flexibility index (Phi) is 5.62.